The van der Waals surface area contributed by atoms with Gasteiger partial charge in [-0.3, -0.25) is 0 Å². The Labute approximate surface area is 179 Å². The van der Waals surface area contributed by atoms with Crippen LogP contribution in [-0.2, 0) is 13.1 Å². The molecule has 5 heteroatoms. The summed E-state index contributed by atoms with van der Waals surface area (Å²) in [5, 5.41) is 0. The zero-order valence-corrected chi connectivity index (χ0v) is 18.2. The fourth-order valence-corrected chi connectivity index (χ4v) is 4.26. The first-order valence-corrected chi connectivity index (χ1v) is 10.6. The third-order valence-electron chi connectivity index (χ3n) is 5.71. The lowest BCUT2D eigenvalue weighted by Gasteiger charge is -2.22. The van der Waals surface area contributed by atoms with Gasteiger partial charge in [0, 0.05) is 17.6 Å². The van der Waals surface area contributed by atoms with Gasteiger partial charge in [0.25, 0.3) is 0 Å². The van der Waals surface area contributed by atoms with Crippen molar-refractivity contribution in [3.8, 4) is 11.5 Å². The van der Waals surface area contributed by atoms with Gasteiger partial charge in [-0.05, 0) is 72.5 Å². The standard InChI is InChI=1S/C24H23BrN2O2/c1-16-9-21-22(10-17(16)2)27(13-19-5-8-23-24(11-19)29-15-28-23)14-26(21)12-18-3-6-20(25)7-4-18/h3-11H,12-15H2,1-2H3. The van der Waals surface area contributed by atoms with Crippen LogP contribution in [0.4, 0.5) is 11.4 Å². The molecule has 0 aliphatic carbocycles. The van der Waals surface area contributed by atoms with E-state index in [0.29, 0.717) is 6.79 Å². The molecule has 3 aromatic carbocycles. The SMILES string of the molecule is Cc1cc2c(cc1C)N(Cc1ccc3c(c1)OCO3)CN2Cc1ccc(Br)cc1. The van der Waals surface area contributed by atoms with E-state index in [1.54, 1.807) is 0 Å². The highest BCUT2D eigenvalue weighted by Gasteiger charge is 2.27. The number of hydrogen-bond donors (Lipinski definition) is 0. The molecule has 0 spiro atoms. The van der Waals surface area contributed by atoms with Crippen LogP contribution >= 0.6 is 15.9 Å². The monoisotopic (exact) mass is 450 g/mol. The number of nitrogens with zero attached hydrogens (tertiary/aromatic N) is 2. The first-order valence-electron chi connectivity index (χ1n) is 9.81. The average Bonchev–Trinajstić information content (AvgIpc) is 3.29. The fraction of sp³-hybridized carbons (Fsp3) is 0.250. The fourth-order valence-electron chi connectivity index (χ4n) is 3.99. The van der Waals surface area contributed by atoms with Gasteiger partial charge in [0.2, 0.25) is 6.79 Å². The van der Waals surface area contributed by atoms with E-state index in [1.807, 2.05) is 6.07 Å². The van der Waals surface area contributed by atoms with Gasteiger partial charge in [-0.15, -0.1) is 0 Å². The van der Waals surface area contributed by atoms with Crippen LogP contribution in [0.25, 0.3) is 0 Å². The lowest BCUT2D eigenvalue weighted by Crippen LogP contribution is -2.30. The average molecular weight is 451 g/mol. The van der Waals surface area contributed by atoms with Crippen LogP contribution in [-0.4, -0.2) is 13.5 Å². The third-order valence-corrected chi connectivity index (χ3v) is 6.24. The molecule has 0 fully saturated rings. The van der Waals surface area contributed by atoms with E-state index < -0.39 is 0 Å². The third kappa shape index (κ3) is 3.55. The molecule has 2 aliphatic heterocycles. The quantitative estimate of drug-likeness (QED) is 0.502. The zero-order valence-electron chi connectivity index (χ0n) is 16.6. The van der Waals surface area contributed by atoms with E-state index in [9.17, 15) is 0 Å². The second-order valence-corrected chi connectivity index (χ2v) is 8.69. The molecule has 148 valence electrons. The number of fused-ring (bicyclic) bond motifs is 2. The number of hydrogen-bond acceptors (Lipinski definition) is 4. The van der Waals surface area contributed by atoms with E-state index in [1.165, 1.54) is 33.6 Å². The first-order chi connectivity index (χ1) is 14.1. The molecular weight excluding hydrogens is 428 g/mol. The largest absolute Gasteiger partial charge is 0.454 e. The zero-order chi connectivity index (χ0) is 20.0. The molecule has 2 aliphatic rings. The van der Waals surface area contributed by atoms with Crippen LogP contribution in [0.3, 0.4) is 0 Å². The summed E-state index contributed by atoms with van der Waals surface area (Å²) >= 11 is 3.53. The van der Waals surface area contributed by atoms with E-state index >= 15 is 0 Å². The van der Waals surface area contributed by atoms with E-state index in [-0.39, 0.29) is 0 Å². The highest BCUT2D eigenvalue weighted by molar-refractivity contribution is 9.10. The summed E-state index contributed by atoms with van der Waals surface area (Å²) in [5.41, 5.74) is 7.78. The maximum atomic E-state index is 5.56. The van der Waals surface area contributed by atoms with Crippen molar-refractivity contribution in [3.05, 3.63) is 81.3 Å². The highest BCUT2D eigenvalue weighted by Crippen LogP contribution is 2.40. The normalized spacial score (nSPS) is 14.4. The number of benzene rings is 3. The van der Waals surface area contributed by atoms with E-state index in [2.05, 4.69) is 88.1 Å². The van der Waals surface area contributed by atoms with Gasteiger partial charge < -0.3 is 19.3 Å². The molecular formula is C24H23BrN2O2. The Morgan fingerprint density at radius 3 is 2.03 bits per heavy atom. The number of anilines is 2. The van der Waals surface area contributed by atoms with Crippen LogP contribution in [0.2, 0.25) is 0 Å². The number of halogens is 1. The molecule has 4 nitrogen and oxygen atoms in total. The molecule has 0 bridgehead atoms. The maximum absolute atomic E-state index is 5.56. The van der Waals surface area contributed by atoms with Gasteiger partial charge in [0.05, 0.1) is 18.0 Å². The second-order valence-electron chi connectivity index (χ2n) is 7.78. The Kier molecular flexibility index (Phi) is 4.63. The van der Waals surface area contributed by atoms with Gasteiger partial charge in [-0.1, -0.05) is 34.1 Å². The Balaban J connectivity index is 1.44. The molecule has 2 heterocycles. The van der Waals surface area contributed by atoms with Gasteiger partial charge in [-0.2, -0.15) is 0 Å². The van der Waals surface area contributed by atoms with Crippen molar-refractivity contribution < 1.29 is 9.47 Å². The minimum Gasteiger partial charge on any atom is -0.454 e. The number of ether oxygens (including phenoxy) is 2. The summed E-state index contributed by atoms with van der Waals surface area (Å²) in [6, 6.07) is 19.5. The summed E-state index contributed by atoms with van der Waals surface area (Å²) in [4.78, 5) is 4.90. The molecule has 0 N–H and O–H groups in total. The predicted octanol–water partition coefficient (Wildman–Crippen LogP) is 5.78. The van der Waals surface area contributed by atoms with E-state index in [4.69, 9.17) is 9.47 Å². The molecule has 0 unspecified atom stereocenters. The van der Waals surface area contributed by atoms with Gasteiger partial charge >= 0.3 is 0 Å². The Bertz CT molecular complexity index is 1070. The smallest absolute Gasteiger partial charge is 0.231 e. The summed E-state index contributed by atoms with van der Waals surface area (Å²) in [6.45, 7) is 7.27. The van der Waals surface area contributed by atoms with Crippen molar-refractivity contribution in [2.24, 2.45) is 0 Å². The van der Waals surface area contributed by atoms with Crippen LogP contribution in [0.5, 0.6) is 11.5 Å². The molecule has 3 aromatic rings. The molecule has 0 radical (unpaired) electrons. The van der Waals surface area contributed by atoms with Crippen molar-refractivity contribution in [1.29, 1.82) is 0 Å². The Morgan fingerprint density at radius 2 is 1.34 bits per heavy atom. The molecule has 0 saturated carbocycles. The number of rotatable bonds is 4. The van der Waals surface area contributed by atoms with Crippen molar-refractivity contribution in [3.63, 3.8) is 0 Å². The van der Waals surface area contributed by atoms with Crippen molar-refractivity contribution in [2.45, 2.75) is 26.9 Å². The lowest BCUT2D eigenvalue weighted by molar-refractivity contribution is 0.174. The minimum atomic E-state index is 0.310. The Hall–Kier alpha value is -2.66. The first kappa shape index (κ1) is 18.4. The molecule has 0 atom stereocenters. The molecule has 0 amide bonds. The van der Waals surface area contributed by atoms with Crippen LogP contribution in [0.1, 0.15) is 22.3 Å². The predicted molar refractivity (Wildman–Crippen MR) is 120 cm³/mol. The summed E-state index contributed by atoms with van der Waals surface area (Å²) < 4.78 is 12.1. The van der Waals surface area contributed by atoms with Gasteiger partial charge in [0.1, 0.15) is 0 Å². The topological polar surface area (TPSA) is 24.9 Å². The number of aryl methyl sites for hydroxylation is 2. The maximum Gasteiger partial charge on any atom is 0.231 e. The minimum absolute atomic E-state index is 0.310. The highest BCUT2D eigenvalue weighted by atomic mass is 79.9. The van der Waals surface area contributed by atoms with Gasteiger partial charge in [0.15, 0.2) is 11.5 Å². The van der Waals surface area contributed by atoms with Crippen molar-refractivity contribution in [1.82, 2.24) is 0 Å². The second kappa shape index (κ2) is 7.30. The molecule has 0 saturated heterocycles. The Morgan fingerprint density at radius 1 is 0.759 bits per heavy atom. The van der Waals surface area contributed by atoms with Crippen LogP contribution < -0.4 is 19.3 Å². The molecule has 5 rings (SSSR count). The van der Waals surface area contributed by atoms with Crippen LogP contribution in [0, 0.1) is 13.8 Å². The van der Waals surface area contributed by atoms with Crippen molar-refractivity contribution in [2.75, 3.05) is 23.3 Å². The van der Waals surface area contributed by atoms with Crippen LogP contribution in [0.15, 0.2) is 59.1 Å². The summed E-state index contributed by atoms with van der Waals surface area (Å²) in [5.74, 6) is 1.67. The summed E-state index contributed by atoms with van der Waals surface area (Å²) in [7, 11) is 0. The van der Waals surface area contributed by atoms with Crippen molar-refractivity contribution >= 4 is 27.3 Å². The lowest BCUT2D eigenvalue weighted by atomic mass is 10.1. The van der Waals surface area contributed by atoms with E-state index in [0.717, 1.165) is 35.7 Å². The summed E-state index contributed by atoms with van der Waals surface area (Å²) in [6.07, 6.45) is 0. The molecule has 0 aromatic heterocycles. The molecule has 29 heavy (non-hydrogen) atoms. The van der Waals surface area contributed by atoms with Gasteiger partial charge in [-0.25, -0.2) is 0 Å².